The second kappa shape index (κ2) is 14.3. The molecule has 1 aliphatic rings. The van der Waals surface area contributed by atoms with Crippen molar-refractivity contribution >= 4 is 28.6 Å². The Morgan fingerprint density at radius 3 is 2.49 bits per heavy atom. The first kappa shape index (κ1) is 30.3. The summed E-state index contributed by atoms with van der Waals surface area (Å²) in [6.07, 6.45) is 1.88. The molecule has 0 aromatic heterocycles. The van der Waals surface area contributed by atoms with E-state index in [4.69, 9.17) is 4.74 Å². The van der Waals surface area contributed by atoms with Crippen LogP contribution in [0.5, 0.6) is 5.75 Å². The van der Waals surface area contributed by atoms with Crippen LogP contribution in [0, 0.1) is 0 Å². The number of rotatable bonds is 15. The van der Waals surface area contributed by atoms with Gasteiger partial charge in [0.1, 0.15) is 30.5 Å². The van der Waals surface area contributed by atoms with Gasteiger partial charge in [0.05, 0.1) is 6.04 Å². The largest absolute Gasteiger partial charge is 0.490 e. The Hall–Kier alpha value is -3.21. The number of amides is 1. The van der Waals surface area contributed by atoms with Gasteiger partial charge in [-0.2, -0.15) is 0 Å². The van der Waals surface area contributed by atoms with E-state index in [-0.39, 0.29) is 12.6 Å². The Bertz CT molecular complexity index is 1140. The molecule has 1 fully saturated rings. The van der Waals surface area contributed by atoms with Gasteiger partial charge in [-0.1, -0.05) is 44.2 Å². The predicted octanol–water partition coefficient (Wildman–Crippen LogP) is 2.41. The number of hydrogen-bond acceptors (Lipinski definition) is 7. The number of carbonyl (C=O) groups excluding carboxylic acids is 1. The molecule has 3 rings (SSSR count). The number of nitrogens with one attached hydrogen (secondary N) is 2. The van der Waals surface area contributed by atoms with Crippen molar-refractivity contribution in [3.63, 3.8) is 0 Å². The number of nitrogens with zero attached hydrogens (tertiary/aromatic N) is 1. The average molecular weight is 544 g/mol. The third-order valence-electron chi connectivity index (χ3n) is 7.04. The highest BCUT2D eigenvalue weighted by atomic mass is 16.5. The number of aliphatic hydroxyl groups is 1. The van der Waals surface area contributed by atoms with E-state index in [1.165, 1.54) is 4.90 Å². The van der Waals surface area contributed by atoms with Gasteiger partial charge < -0.3 is 30.3 Å². The topological polar surface area (TPSA) is 148 Å². The van der Waals surface area contributed by atoms with Crippen molar-refractivity contribution in [1.82, 2.24) is 15.5 Å². The number of carboxylic acids is 2. The van der Waals surface area contributed by atoms with Gasteiger partial charge >= 0.3 is 11.9 Å². The van der Waals surface area contributed by atoms with Crippen LogP contribution in [0.3, 0.4) is 0 Å². The summed E-state index contributed by atoms with van der Waals surface area (Å²) >= 11 is 0. The summed E-state index contributed by atoms with van der Waals surface area (Å²) < 4.78 is 5.92. The Kier molecular flexibility index (Phi) is 11.1. The van der Waals surface area contributed by atoms with Gasteiger partial charge in [-0.25, -0.2) is 4.79 Å². The highest BCUT2D eigenvalue weighted by Crippen LogP contribution is 2.29. The van der Waals surface area contributed by atoms with E-state index in [1.807, 2.05) is 50.2 Å². The molecular formula is C29H41N3O7. The van der Waals surface area contributed by atoms with Crippen molar-refractivity contribution < 1.29 is 34.4 Å². The lowest BCUT2D eigenvalue weighted by Crippen LogP contribution is -2.53. The van der Waals surface area contributed by atoms with Crippen molar-refractivity contribution in [2.45, 2.75) is 83.1 Å². The summed E-state index contributed by atoms with van der Waals surface area (Å²) in [5.74, 6) is -1.80. The lowest BCUT2D eigenvalue weighted by Gasteiger charge is -2.27. The highest BCUT2D eigenvalue weighted by Gasteiger charge is 2.36. The summed E-state index contributed by atoms with van der Waals surface area (Å²) in [6, 6.07) is 9.33. The standard InChI is InChI=1S/C29H41N3O7/c1-18(2)30-16-21(33)17-39-26-14-6-10-22-20(8-4-11-23(22)26)9-5-12-24(28(35)36)31-19(3)27(34)32-15-7-13-25(32)29(37)38/h4,6,8,10-11,14,18-19,21,24-25,30-31,33H,5,7,9,12-13,15-17H2,1-3H3,(H,35,36)(H,37,38)/t19-,21?,24?,25-/m0/s1. The second-order valence-corrected chi connectivity index (χ2v) is 10.5. The number of aliphatic hydroxyl groups excluding tert-OH is 1. The van der Waals surface area contributed by atoms with Gasteiger partial charge in [-0.3, -0.25) is 14.9 Å². The van der Waals surface area contributed by atoms with Crippen molar-refractivity contribution in [1.29, 1.82) is 0 Å². The molecule has 0 bridgehead atoms. The summed E-state index contributed by atoms with van der Waals surface area (Å²) in [5.41, 5.74) is 1.05. The quantitative estimate of drug-likeness (QED) is 0.228. The fourth-order valence-corrected chi connectivity index (χ4v) is 4.99. The number of carbonyl (C=O) groups is 3. The first-order valence-electron chi connectivity index (χ1n) is 13.7. The Balaban J connectivity index is 1.59. The average Bonchev–Trinajstić information content (AvgIpc) is 3.40. The molecule has 2 aromatic rings. The third kappa shape index (κ3) is 8.39. The van der Waals surface area contributed by atoms with Gasteiger partial charge in [0, 0.05) is 24.5 Å². The van der Waals surface area contributed by atoms with E-state index < -0.39 is 42.1 Å². The fraction of sp³-hybridized carbons (Fsp3) is 0.552. The highest BCUT2D eigenvalue weighted by molar-refractivity contribution is 5.91. The van der Waals surface area contributed by atoms with Crippen molar-refractivity contribution in [3.8, 4) is 5.75 Å². The number of benzene rings is 2. The molecule has 4 atom stereocenters. The molecule has 5 N–H and O–H groups in total. The minimum Gasteiger partial charge on any atom is -0.490 e. The number of ether oxygens (including phenoxy) is 1. The Labute approximate surface area is 229 Å². The van der Waals surface area contributed by atoms with Gasteiger partial charge in [0.15, 0.2) is 0 Å². The smallest absolute Gasteiger partial charge is 0.326 e. The van der Waals surface area contributed by atoms with Gasteiger partial charge in [-0.05, 0) is 56.0 Å². The number of fused-ring (bicyclic) bond motifs is 1. The van der Waals surface area contributed by atoms with Crippen molar-refractivity contribution in [2.75, 3.05) is 19.7 Å². The molecule has 0 saturated carbocycles. The van der Waals surface area contributed by atoms with Crippen LogP contribution in [0.15, 0.2) is 36.4 Å². The molecule has 2 aromatic carbocycles. The predicted molar refractivity (Wildman–Crippen MR) is 148 cm³/mol. The molecule has 1 amide bonds. The van der Waals surface area contributed by atoms with Gasteiger partial charge in [0.2, 0.25) is 5.91 Å². The van der Waals surface area contributed by atoms with Crippen LogP contribution < -0.4 is 15.4 Å². The normalized spacial score (nSPS) is 17.8. The number of likely N-dealkylation sites (tertiary alicyclic amines) is 1. The van der Waals surface area contributed by atoms with E-state index in [2.05, 4.69) is 10.6 Å². The molecule has 0 spiro atoms. The van der Waals surface area contributed by atoms with Crippen LogP contribution in [-0.4, -0.2) is 88.0 Å². The number of aliphatic carboxylic acids is 2. The monoisotopic (exact) mass is 543 g/mol. The number of carboxylic acid groups (broad SMARTS) is 2. The number of hydrogen-bond donors (Lipinski definition) is 5. The summed E-state index contributed by atoms with van der Waals surface area (Å²) in [7, 11) is 0. The third-order valence-corrected chi connectivity index (χ3v) is 7.04. The van der Waals surface area contributed by atoms with Crippen LogP contribution in [-0.2, 0) is 20.8 Å². The first-order valence-corrected chi connectivity index (χ1v) is 13.7. The maximum atomic E-state index is 12.8. The summed E-state index contributed by atoms with van der Waals surface area (Å²) in [6.45, 7) is 6.57. The van der Waals surface area contributed by atoms with Crippen LogP contribution in [0.25, 0.3) is 10.8 Å². The first-order chi connectivity index (χ1) is 18.6. The van der Waals surface area contributed by atoms with Crippen molar-refractivity contribution in [2.24, 2.45) is 0 Å². The molecule has 39 heavy (non-hydrogen) atoms. The maximum absolute atomic E-state index is 12.8. The summed E-state index contributed by atoms with van der Waals surface area (Å²) in [5, 5.41) is 37.3. The molecule has 10 nitrogen and oxygen atoms in total. The summed E-state index contributed by atoms with van der Waals surface area (Å²) in [4.78, 5) is 37.5. The fourth-order valence-electron chi connectivity index (χ4n) is 4.99. The zero-order valence-electron chi connectivity index (χ0n) is 22.9. The SMILES string of the molecule is CC(C)NCC(O)COc1cccc2c(CCCC(N[C@@H](C)C(=O)N3CCC[C@H]3C(=O)O)C(=O)O)cccc12. The van der Waals surface area contributed by atoms with Crippen LogP contribution in [0.2, 0.25) is 0 Å². The molecule has 1 saturated heterocycles. The van der Waals surface area contributed by atoms with Gasteiger partial charge in [0.25, 0.3) is 0 Å². The van der Waals surface area contributed by atoms with E-state index >= 15 is 0 Å². The minimum absolute atomic E-state index is 0.163. The van der Waals surface area contributed by atoms with Crippen LogP contribution in [0.4, 0.5) is 0 Å². The molecule has 0 aliphatic carbocycles. The Morgan fingerprint density at radius 2 is 1.79 bits per heavy atom. The van der Waals surface area contributed by atoms with E-state index in [0.29, 0.717) is 50.9 Å². The maximum Gasteiger partial charge on any atom is 0.326 e. The minimum atomic E-state index is -1.05. The second-order valence-electron chi connectivity index (χ2n) is 10.5. The van der Waals surface area contributed by atoms with Crippen LogP contribution in [0.1, 0.15) is 52.0 Å². The lowest BCUT2D eigenvalue weighted by molar-refractivity contribution is -0.149. The Morgan fingerprint density at radius 1 is 1.08 bits per heavy atom. The van der Waals surface area contributed by atoms with Crippen LogP contribution >= 0.6 is 0 Å². The van der Waals surface area contributed by atoms with Crippen molar-refractivity contribution in [3.05, 3.63) is 42.0 Å². The molecule has 10 heteroatoms. The zero-order valence-corrected chi connectivity index (χ0v) is 22.9. The number of aryl methyl sites for hydroxylation is 1. The van der Waals surface area contributed by atoms with E-state index in [9.17, 15) is 29.7 Å². The van der Waals surface area contributed by atoms with Gasteiger partial charge in [-0.15, -0.1) is 0 Å². The molecule has 1 heterocycles. The molecule has 214 valence electrons. The molecular weight excluding hydrogens is 502 g/mol. The molecule has 2 unspecified atom stereocenters. The molecule has 0 radical (unpaired) electrons. The lowest BCUT2D eigenvalue weighted by atomic mass is 9.98. The van der Waals surface area contributed by atoms with E-state index in [1.54, 1.807) is 6.92 Å². The van der Waals surface area contributed by atoms with E-state index in [0.717, 1.165) is 16.3 Å². The molecule has 1 aliphatic heterocycles. The zero-order chi connectivity index (χ0) is 28.5.